The standard InChI is InChI=1S/C23H26F3N7O4/c1-22(2,3)37-21(34)31(4)10-8-17(23(24,25)26)14-5-6-18(29-11-14)32-13-15(12-30-32)16-7-9-28-20(27)19(16)33(35)36/h5-7,9,11-13,17H,8,10H2,1-4H3,(H2,27,28). The first kappa shape index (κ1) is 27.4. The summed E-state index contributed by atoms with van der Waals surface area (Å²) in [5, 5.41) is 15.5. The summed E-state index contributed by atoms with van der Waals surface area (Å²) in [6.07, 6.45) is -0.471. The van der Waals surface area contributed by atoms with Crippen LogP contribution in [0.1, 0.15) is 38.7 Å². The second-order valence-electron chi connectivity index (χ2n) is 9.26. The summed E-state index contributed by atoms with van der Waals surface area (Å²) in [5.74, 6) is -1.92. The Morgan fingerprint density at radius 3 is 2.49 bits per heavy atom. The van der Waals surface area contributed by atoms with Gasteiger partial charge in [-0.05, 0) is 44.9 Å². The minimum atomic E-state index is -4.57. The summed E-state index contributed by atoms with van der Waals surface area (Å²) in [7, 11) is 1.37. The Morgan fingerprint density at radius 1 is 1.22 bits per heavy atom. The van der Waals surface area contributed by atoms with Crippen molar-refractivity contribution in [1.82, 2.24) is 24.6 Å². The van der Waals surface area contributed by atoms with Crippen molar-refractivity contribution in [2.24, 2.45) is 0 Å². The molecule has 11 nitrogen and oxygen atoms in total. The smallest absolute Gasteiger partial charge is 0.410 e. The molecule has 3 aromatic rings. The van der Waals surface area contributed by atoms with E-state index < -0.39 is 28.7 Å². The van der Waals surface area contributed by atoms with Crippen LogP contribution < -0.4 is 5.73 Å². The van der Waals surface area contributed by atoms with Gasteiger partial charge >= 0.3 is 18.0 Å². The lowest BCUT2D eigenvalue weighted by molar-refractivity contribution is -0.383. The fourth-order valence-corrected chi connectivity index (χ4v) is 3.49. The first-order valence-electron chi connectivity index (χ1n) is 11.1. The van der Waals surface area contributed by atoms with Gasteiger partial charge in [0.2, 0.25) is 5.82 Å². The third-order valence-electron chi connectivity index (χ3n) is 5.29. The topological polar surface area (TPSA) is 142 Å². The van der Waals surface area contributed by atoms with Crippen molar-refractivity contribution >= 4 is 17.6 Å². The SMILES string of the molecule is CN(CCC(c1ccc(-n2cc(-c3ccnc(N)c3[N+](=O)[O-])cn2)nc1)C(F)(F)F)C(=O)OC(C)(C)C. The Balaban J connectivity index is 1.79. The molecule has 0 spiro atoms. The molecule has 37 heavy (non-hydrogen) atoms. The van der Waals surface area contributed by atoms with Crippen LogP contribution in [0.15, 0.2) is 43.0 Å². The van der Waals surface area contributed by atoms with Crippen molar-refractivity contribution in [2.75, 3.05) is 19.3 Å². The number of rotatable bonds is 7. The number of nitrogens with zero attached hydrogens (tertiary/aromatic N) is 6. The molecule has 0 saturated heterocycles. The summed E-state index contributed by atoms with van der Waals surface area (Å²) in [4.78, 5) is 31.8. The number of carbonyl (C=O) groups excluding carboxylic acids is 1. The molecule has 1 unspecified atom stereocenters. The van der Waals surface area contributed by atoms with Gasteiger partial charge in [0.05, 0.1) is 22.6 Å². The summed E-state index contributed by atoms with van der Waals surface area (Å²) < 4.78 is 47.9. The van der Waals surface area contributed by atoms with Gasteiger partial charge in [-0.1, -0.05) is 6.07 Å². The van der Waals surface area contributed by atoms with Gasteiger partial charge in [0.1, 0.15) is 5.60 Å². The lowest BCUT2D eigenvalue weighted by Gasteiger charge is -2.27. The van der Waals surface area contributed by atoms with Gasteiger partial charge in [-0.15, -0.1) is 0 Å². The highest BCUT2D eigenvalue weighted by molar-refractivity contribution is 5.78. The van der Waals surface area contributed by atoms with Gasteiger partial charge in [0.15, 0.2) is 5.82 Å². The Kier molecular flexibility index (Phi) is 7.69. The highest BCUT2D eigenvalue weighted by atomic mass is 19.4. The molecule has 0 bridgehead atoms. The number of anilines is 1. The molecule has 0 aromatic carbocycles. The normalized spacial score (nSPS) is 12.7. The molecule has 1 amide bonds. The van der Waals surface area contributed by atoms with Crippen LogP contribution in [-0.4, -0.2) is 61.0 Å². The Labute approximate surface area is 210 Å². The quantitative estimate of drug-likeness (QED) is 0.348. The van der Waals surface area contributed by atoms with Crippen molar-refractivity contribution in [3.8, 4) is 16.9 Å². The van der Waals surface area contributed by atoms with E-state index in [9.17, 15) is 28.1 Å². The van der Waals surface area contributed by atoms with Crippen molar-refractivity contribution in [3.05, 3.63) is 58.7 Å². The van der Waals surface area contributed by atoms with Crippen LogP contribution in [-0.2, 0) is 4.74 Å². The third kappa shape index (κ3) is 6.71. The number of pyridine rings is 2. The van der Waals surface area contributed by atoms with Crippen molar-refractivity contribution in [1.29, 1.82) is 0 Å². The summed E-state index contributed by atoms with van der Waals surface area (Å²) in [6, 6.07) is 4.05. The zero-order valence-corrected chi connectivity index (χ0v) is 20.6. The van der Waals surface area contributed by atoms with E-state index >= 15 is 0 Å². The number of amides is 1. The lowest BCUT2D eigenvalue weighted by Crippen LogP contribution is -2.36. The highest BCUT2D eigenvalue weighted by Gasteiger charge is 2.41. The molecule has 3 heterocycles. The molecular formula is C23H26F3N7O4. The highest BCUT2D eigenvalue weighted by Crippen LogP contribution is 2.38. The molecule has 3 aromatic heterocycles. The van der Waals surface area contributed by atoms with Gasteiger partial charge in [0, 0.05) is 37.7 Å². The van der Waals surface area contributed by atoms with E-state index in [1.54, 1.807) is 20.8 Å². The van der Waals surface area contributed by atoms with E-state index in [0.29, 0.717) is 5.56 Å². The number of nitrogens with two attached hydrogens (primary N) is 1. The molecule has 1 atom stereocenters. The van der Waals surface area contributed by atoms with Gasteiger partial charge < -0.3 is 15.4 Å². The van der Waals surface area contributed by atoms with E-state index in [1.807, 2.05) is 0 Å². The van der Waals surface area contributed by atoms with Crippen LogP contribution in [0.5, 0.6) is 0 Å². The zero-order valence-electron chi connectivity index (χ0n) is 20.6. The lowest BCUT2D eigenvalue weighted by atomic mass is 9.96. The summed E-state index contributed by atoms with van der Waals surface area (Å²) in [5.41, 5.74) is 4.94. The molecule has 2 N–H and O–H groups in total. The van der Waals surface area contributed by atoms with E-state index in [2.05, 4.69) is 15.1 Å². The Morgan fingerprint density at radius 2 is 1.92 bits per heavy atom. The fraction of sp³-hybridized carbons (Fsp3) is 0.391. The average Bonchev–Trinajstić information content (AvgIpc) is 3.27. The summed E-state index contributed by atoms with van der Waals surface area (Å²) >= 11 is 0. The van der Waals surface area contributed by atoms with Crippen LogP contribution in [0.2, 0.25) is 0 Å². The van der Waals surface area contributed by atoms with Gasteiger partial charge in [0.25, 0.3) is 0 Å². The first-order chi connectivity index (χ1) is 17.2. The molecule has 0 aliphatic carbocycles. The van der Waals surface area contributed by atoms with E-state index in [1.165, 1.54) is 48.5 Å². The van der Waals surface area contributed by atoms with Gasteiger partial charge in [-0.3, -0.25) is 10.1 Å². The van der Waals surface area contributed by atoms with Crippen LogP contribution in [0.3, 0.4) is 0 Å². The maximum atomic E-state index is 13.8. The van der Waals surface area contributed by atoms with Gasteiger partial charge in [-0.25, -0.2) is 19.4 Å². The number of nitro groups is 1. The number of alkyl halides is 3. The molecule has 0 aliphatic heterocycles. The van der Waals surface area contributed by atoms with Crippen molar-refractivity contribution in [3.63, 3.8) is 0 Å². The van der Waals surface area contributed by atoms with Gasteiger partial charge in [-0.2, -0.15) is 18.3 Å². The maximum Gasteiger partial charge on any atom is 0.410 e. The van der Waals surface area contributed by atoms with Crippen molar-refractivity contribution < 1.29 is 27.6 Å². The number of halogens is 3. The Hall–Kier alpha value is -4.23. The average molecular weight is 522 g/mol. The van der Waals surface area contributed by atoms with Crippen LogP contribution >= 0.6 is 0 Å². The van der Waals surface area contributed by atoms with Crippen molar-refractivity contribution in [2.45, 2.75) is 44.9 Å². The zero-order chi connectivity index (χ0) is 27.5. The van der Waals surface area contributed by atoms with E-state index in [4.69, 9.17) is 10.5 Å². The van der Waals surface area contributed by atoms with Crippen LogP contribution in [0.25, 0.3) is 16.9 Å². The van der Waals surface area contributed by atoms with E-state index in [-0.39, 0.29) is 41.4 Å². The number of hydrogen-bond acceptors (Lipinski definition) is 8. The number of nitrogen functional groups attached to an aromatic ring is 1. The molecule has 0 aliphatic rings. The number of hydrogen-bond donors (Lipinski definition) is 1. The van der Waals surface area contributed by atoms with Crippen LogP contribution in [0.4, 0.5) is 29.5 Å². The molecular weight excluding hydrogens is 495 g/mol. The molecule has 198 valence electrons. The summed E-state index contributed by atoms with van der Waals surface area (Å²) in [6.45, 7) is 4.82. The third-order valence-corrected chi connectivity index (χ3v) is 5.29. The predicted octanol–water partition coefficient (Wildman–Crippen LogP) is 4.72. The molecule has 0 saturated carbocycles. The van der Waals surface area contributed by atoms with Crippen LogP contribution in [0, 0.1) is 10.1 Å². The van der Waals surface area contributed by atoms with E-state index in [0.717, 1.165) is 11.1 Å². The monoisotopic (exact) mass is 521 g/mol. The number of carbonyl (C=O) groups is 1. The second kappa shape index (κ2) is 10.4. The number of ether oxygens (including phenoxy) is 1. The minimum absolute atomic E-state index is 0.0845. The largest absolute Gasteiger partial charge is 0.444 e. The molecule has 0 fully saturated rings. The predicted molar refractivity (Wildman–Crippen MR) is 128 cm³/mol. The molecule has 14 heteroatoms. The first-order valence-corrected chi connectivity index (χ1v) is 11.1. The maximum absolute atomic E-state index is 13.8. The second-order valence-corrected chi connectivity index (χ2v) is 9.26. The Bertz CT molecular complexity index is 1270. The fourth-order valence-electron chi connectivity index (χ4n) is 3.49. The molecule has 3 rings (SSSR count). The molecule has 0 radical (unpaired) electrons. The number of aromatic nitrogens is 4. The minimum Gasteiger partial charge on any atom is -0.444 e.